The van der Waals surface area contributed by atoms with E-state index in [0.29, 0.717) is 0 Å². The zero-order valence-electron chi connectivity index (χ0n) is 6.23. The Bertz CT molecular complexity index is 166. The molecule has 0 bridgehead atoms. The van der Waals surface area contributed by atoms with Gasteiger partial charge in [-0.1, -0.05) is 0 Å². The molecule has 0 N–H and O–H groups in total. The molecule has 0 amide bonds. The molecule has 1 rings (SSSR count). The average Bonchev–Trinajstić information content (AvgIpc) is 2.18. The van der Waals surface area contributed by atoms with Crippen molar-refractivity contribution in [3.8, 4) is 0 Å². The van der Waals surface area contributed by atoms with Crippen molar-refractivity contribution < 1.29 is 45.2 Å². The molecule has 11 heavy (non-hydrogen) atoms. The molecular weight excluding hydrogens is 235 g/mol. The molecule has 4 heteroatoms. The van der Waals surface area contributed by atoms with Crippen LogP contribution in [0.4, 0.5) is 0 Å². The first-order chi connectivity index (χ1) is 4.34. The summed E-state index contributed by atoms with van der Waals surface area (Å²) < 4.78 is 1.53. The minimum atomic E-state index is 0. The van der Waals surface area contributed by atoms with E-state index in [1.807, 2.05) is 11.8 Å². The van der Waals surface area contributed by atoms with Gasteiger partial charge in [0.25, 0.3) is 0 Å². The standard InChI is InChI=1S/C7H9S.2ClH.Ti/c1-2-8-7-5-3-4-6-7;;;/h3,5H,2,4H2,1H3;2*1H;/q;;;+2/p-2. The third-order valence-electron chi connectivity index (χ3n) is 1.19. The van der Waals surface area contributed by atoms with Crippen LogP contribution in [0.15, 0.2) is 20.9 Å². The van der Waals surface area contributed by atoms with Crippen LogP contribution in [0.1, 0.15) is 13.3 Å². The number of allylic oxidation sites excluding steroid dienone is 3. The summed E-state index contributed by atoms with van der Waals surface area (Å²) in [5, 5.41) is 0. The predicted molar refractivity (Wildman–Crippen MR) is 38.9 cm³/mol. The molecule has 1 aliphatic carbocycles. The molecule has 0 spiro atoms. The Labute approximate surface area is 96.5 Å². The number of hydrogen-bond acceptors (Lipinski definition) is 1. The number of rotatable bonds is 2. The van der Waals surface area contributed by atoms with Gasteiger partial charge in [0.05, 0.1) is 0 Å². The van der Waals surface area contributed by atoms with Crippen LogP contribution in [-0.2, 0) is 20.4 Å². The van der Waals surface area contributed by atoms with Crippen LogP contribution in [0.3, 0.4) is 0 Å². The molecule has 61 valence electrons. The Morgan fingerprint density at radius 1 is 1.55 bits per heavy atom. The van der Waals surface area contributed by atoms with Crippen molar-refractivity contribution >= 4 is 11.8 Å². The van der Waals surface area contributed by atoms with Gasteiger partial charge in [-0.25, -0.2) is 0 Å². The summed E-state index contributed by atoms with van der Waals surface area (Å²) in [5.74, 6) is 1.19. The Hall–Kier alpha value is 1.12. The second kappa shape index (κ2) is 7.76. The maximum absolute atomic E-state index is 2.23. The molecule has 1 aliphatic rings. The van der Waals surface area contributed by atoms with Crippen molar-refractivity contribution in [2.75, 3.05) is 5.75 Å². The fourth-order valence-corrected chi connectivity index (χ4v) is 2.19. The summed E-state index contributed by atoms with van der Waals surface area (Å²) in [5.41, 5.74) is 0. The van der Waals surface area contributed by atoms with E-state index in [0.717, 1.165) is 0 Å². The first-order valence-electron chi connectivity index (χ1n) is 3.08. The van der Waals surface area contributed by atoms with E-state index >= 15 is 0 Å². The van der Waals surface area contributed by atoms with Gasteiger partial charge in [-0.15, -0.1) is 0 Å². The summed E-state index contributed by atoms with van der Waals surface area (Å²) >= 11 is 4.15. The number of halogens is 2. The van der Waals surface area contributed by atoms with Crippen LogP contribution in [0.25, 0.3) is 0 Å². The first-order valence-corrected chi connectivity index (χ1v) is 4.85. The van der Waals surface area contributed by atoms with E-state index in [1.165, 1.54) is 21.0 Å². The largest absolute Gasteiger partial charge is 1.00 e. The predicted octanol–water partition coefficient (Wildman–Crippen LogP) is -3.53. The van der Waals surface area contributed by atoms with Gasteiger partial charge >= 0.3 is 72.2 Å². The van der Waals surface area contributed by atoms with Crippen LogP contribution >= 0.6 is 11.8 Å². The van der Waals surface area contributed by atoms with Gasteiger partial charge in [0, 0.05) is 0 Å². The Morgan fingerprint density at radius 3 is 2.55 bits per heavy atom. The Kier molecular flexibility index (Phi) is 10.3. The molecule has 0 saturated carbocycles. The molecule has 0 unspecified atom stereocenters. The maximum Gasteiger partial charge on any atom is -1.00 e. The van der Waals surface area contributed by atoms with Crippen LogP contribution in [0, 0.1) is 0 Å². The normalized spacial score (nSPS) is 14.5. The minimum absolute atomic E-state index is 0. The van der Waals surface area contributed by atoms with E-state index in [-0.39, 0.29) is 24.8 Å². The topological polar surface area (TPSA) is 0 Å². The van der Waals surface area contributed by atoms with Gasteiger partial charge < -0.3 is 24.8 Å². The Balaban J connectivity index is 0. The molecule has 0 aliphatic heterocycles. The van der Waals surface area contributed by atoms with Crippen molar-refractivity contribution in [3.05, 3.63) is 20.9 Å². The van der Waals surface area contributed by atoms with Gasteiger partial charge in [-0.05, 0) is 0 Å². The van der Waals surface area contributed by atoms with Crippen molar-refractivity contribution in [1.82, 2.24) is 0 Å². The Morgan fingerprint density at radius 2 is 2.18 bits per heavy atom. The fraction of sp³-hybridized carbons (Fsp3) is 0.429. The van der Waals surface area contributed by atoms with Gasteiger partial charge in [0.1, 0.15) is 0 Å². The maximum atomic E-state index is 2.23. The molecule has 0 saturated heterocycles. The molecule has 0 radical (unpaired) electrons. The SMILES string of the molecule is CCSC1=[C]([Ti+2])CC=C1.[Cl-].[Cl-]. The molecule has 0 fully saturated rings. The van der Waals surface area contributed by atoms with Crippen LogP contribution in [-0.4, -0.2) is 5.75 Å². The average molecular weight is 244 g/mol. The monoisotopic (exact) mass is 243 g/mol. The molecule has 0 aromatic carbocycles. The second-order valence-corrected chi connectivity index (χ2v) is 4.13. The summed E-state index contributed by atoms with van der Waals surface area (Å²) in [7, 11) is 0. The quantitative estimate of drug-likeness (QED) is 0.453. The first kappa shape index (κ1) is 14.6. The van der Waals surface area contributed by atoms with Crippen LogP contribution < -0.4 is 24.8 Å². The van der Waals surface area contributed by atoms with Gasteiger partial charge in [0.15, 0.2) is 0 Å². The van der Waals surface area contributed by atoms with Gasteiger partial charge in [-0.3, -0.25) is 0 Å². The third kappa shape index (κ3) is 4.64. The molecule has 0 aromatic heterocycles. The van der Waals surface area contributed by atoms with Crippen molar-refractivity contribution in [1.29, 1.82) is 0 Å². The molecule has 0 aromatic rings. The smallest absolute Gasteiger partial charge is 1.00 e. The number of hydrogen-bond donors (Lipinski definition) is 0. The summed E-state index contributed by atoms with van der Waals surface area (Å²) in [4.78, 5) is 1.48. The van der Waals surface area contributed by atoms with E-state index in [4.69, 9.17) is 0 Å². The summed E-state index contributed by atoms with van der Waals surface area (Å²) in [6.07, 6.45) is 5.62. The summed E-state index contributed by atoms with van der Waals surface area (Å²) in [6, 6.07) is 0. The van der Waals surface area contributed by atoms with Crippen LogP contribution in [0.2, 0.25) is 0 Å². The van der Waals surface area contributed by atoms with Crippen molar-refractivity contribution in [2.45, 2.75) is 13.3 Å². The molecule has 0 nitrogen and oxygen atoms in total. The van der Waals surface area contributed by atoms with E-state index < -0.39 is 0 Å². The van der Waals surface area contributed by atoms with E-state index in [2.05, 4.69) is 39.5 Å². The zero-order valence-corrected chi connectivity index (χ0v) is 10.1. The minimum Gasteiger partial charge on any atom is -1.00 e. The van der Waals surface area contributed by atoms with Gasteiger partial charge in [-0.2, -0.15) is 0 Å². The fourth-order valence-electron chi connectivity index (χ4n) is 0.776. The second-order valence-electron chi connectivity index (χ2n) is 1.88. The van der Waals surface area contributed by atoms with Crippen molar-refractivity contribution in [2.24, 2.45) is 0 Å². The molecule has 0 heterocycles. The molecule has 0 atom stereocenters. The van der Waals surface area contributed by atoms with Gasteiger partial charge in [0.2, 0.25) is 0 Å². The zero-order chi connectivity index (χ0) is 6.69. The summed E-state index contributed by atoms with van der Waals surface area (Å²) in [6.45, 7) is 2.19. The van der Waals surface area contributed by atoms with E-state index in [1.54, 1.807) is 0 Å². The third-order valence-corrected chi connectivity index (χ3v) is 3.19. The van der Waals surface area contributed by atoms with Crippen molar-refractivity contribution in [3.63, 3.8) is 0 Å². The molecular formula is C7H9Cl2STi. The van der Waals surface area contributed by atoms with Crippen LogP contribution in [0.5, 0.6) is 0 Å². The number of thioether (sulfide) groups is 1. The van der Waals surface area contributed by atoms with E-state index in [9.17, 15) is 0 Å².